The number of aromatic hydroxyl groups is 3. The molecule has 0 saturated carbocycles. The number of fused-ring (bicyclic) bond motifs is 2. The maximum atomic E-state index is 13.5. The molecule has 7 nitrogen and oxygen atoms in total. The van der Waals surface area contributed by atoms with Gasteiger partial charge in [-0.1, -0.05) is 44.4 Å². The topological polar surface area (TPSA) is 102 Å². The van der Waals surface area contributed by atoms with Crippen LogP contribution in [0.2, 0.25) is 0 Å². The van der Waals surface area contributed by atoms with Crippen LogP contribution in [0, 0.1) is 5.92 Å². The summed E-state index contributed by atoms with van der Waals surface area (Å²) in [6.45, 7) is 8.97. The number of carbonyl (C=O) groups is 1. The van der Waals surface area contributed by atoms with Crippen LogP contribution in [0.25, 0.3) is 0 Å². The second-order valence-electron chi connectivity index (χ2n) is 10.4. The lowest BCUT2D eigenvalue weighted by atomic mass is 9.90. The standard InChI is InChI=1S/C29H40N2O5/c1-19(2)9-7-14-29(4,36-5)15-8-10-20(3)13-16-31-23-17-21(32)18-25(34)27(23)30-26-22(28(31)35)11-6-12-24(26)33/h6,11-13,17-19,30,32-34H,7-10,14-16H2,1-5H3/b20-13+. The van der Waals surface area contributed by atoms with Crippen molar-refractivity contribution in [3.8, 4) is 17.2 Å². The lowest BCUT2D eigenvalue weighted by molar-refractivity contribution is -0.0120. The number of phenolic OH excluding ortho intramolecular Hbond substituents is 3. The molecule has 1 aliphatic heterocycles. The molecule has 0 bridgehead atoms. The predicted molar refractivity (Wildman–Crippen MR) is 145 cm³/mol. The fraction of sp³-hybridized carbons (Fsp3) is 0.483. The molecule has 0 aliphatic carbocycles. The number of nitrogens with one attached hydrogen (secondary N) is 1. The Labute approximate surface area is 214 Å². The Kier molecular flexibility index (Phi) is 8.90. The minimum atomic E-state index is -0.335. The van der Waals surface area contributed by atoms with Crippen molar-refractivity contribution < 1.29 is 24.9 Å². The summed E-state index contributed by atoms with van der Waals surface area (Å²) in [6, 6.07) is 7.35. The highest BCUT2D eigenvalue weighted by Crippen LogP contribution is 2.45. The highest BCUT2D eigenvalue weighted by molar-refractivity contribution is 6.15. The van der Waals surface area contributed by atoms with Gasteiger partial charge in [0.1, 0.15) is 22.9 Å². The van der Waals surface area contributed by atoms with E-state index in [9.17, 15) is 20.1 Å². The number of rotatable bonds is 11. The molecule has 0 aromatic heterocycles. The average Bonchev–Trinajstić information content (AvgIpc) is 2.93. The third-order valence-corrected chi connectivity index (χ3v) is 7.02. The number of hydrogen-bond acceptors (Lipinski definition) is 6. The minimum absolute atomic E-state index is 0.0950. The number of hydrogen-bond donors (Lipinski definition) is 4. The molecule has 1 aliphatic rings. The maximum Gasteiger partial charge on any atom is 0.260 e. The molecule has 1 atom stereocenters. The summed E-state index contributed by atoms with van der Waals surface area (Å²) in [4.78, 5) is 15.0. The Hall–Kier alpha value is -3.19. The zero-order valence-corrected chi connectivity index (χ0v) is 22.1. The van der Waals surface area contributed by atoms with Gasteiger partial charge < -0.3 is 30.3 Å². The van der Waals surface area contributed by atoms with Gasteiger partial charge in [-0.15, -0.1) is 0 Å². The second-order valence-corrected chi connectivity index (χ2v) is 10.4. The molecule has 0 saturated heterocycles. The third-order valence-electron chi connectivity index (χ3n) is 7.02. The van der Waals surface area contributed by atoms with Gasteiger partial charge in [0.05, 0.1) is 22.5 Å². The molecule has 7 heteroatoms. The zero-order chi connectivity index (χ0) is 26.5. The van der Waals surface area contributed by atoms with Crippen LogP contribution in [-0.2, 0) is 4.74 Å². The number of ether oxygens (including phenoxy) is 1. The number of methoxy groups -OCH3 is 1. The molecular formula is C29H40N2O5. The van der Waals surface area contributed by atoms with Crippen LogP contribution < -0.4 is 10.2 Å². The lowest BCUT2D eigenvalue weighted by Crippen LogP contribution is -2.30. The van der Waals surface area contributed by atoms with Crippen molar-refractivity contribution in [2.75, 3.05) is 23.9 Å². The molecule has 2 aromatic carbocycles. The summed E-state index contributed by atoms with van der Waals surface area (Å²) in [6.07, 6.45) is 8.19. The van der Waals surface area contributed by atoms with Crippen molar-refractivity contribution >= 4 is 23.0 Å². The summed E-state index contributed by atoms with van der Waals surface area (Å²) < 4.78 is 5.84. The van der Waals surface area contributed by atoms with E-state index in [1.165, 1.54) is 29.5 Å². The smallest absolute Gasteiger partial charge is 0.260 e. The molecule has 1 amide bonds. The Bertz CT molecular complexity index is 1110. The van der Waals surface area contributed by atoms with E-state index in [2.05, 4.69) is 26.1 Å². The Morgan fingerprint density at radius 1 is 1.11 bits per heavy atom. The van der Waals surface area contributed by atoms with Gasteiger partial charge in [-0.3, -0.25) is 4.79 Å². The fourth-order valence-corrected chi connectivity index (χ4v) is 4.65. The first-order valence-corrected chi connectivity index (χ1v) is 12.7. The largest absolute Gasteiger partial charge is 0.508 e. The molecule has 1 unspecified atom stereocenters. The van der Waals surface area contributed by atoms with Gasteiger partial charge in [0, 0.05) is 25.8 Å². The Morgan fingerprint density at radius 2 is 1.83 bits per heavy atom. The van der Waals surface area contributed by atoms with Crippen LogP contribution in [0.3, 0.4) is 0 Å². The number of allylic oxidation sites excluding steroid dienone is 1. The Morgan fingerprint density at radius 3 is 2.53 bits per heavy atom. The first kappa shape index (κ1) is 27.4. The van der Waals surface area contributed by atoms with Crippen molar-refractivity contribution in [1.82, 2.24) is 0 Å². The summed E-state index contributed by atoms with van der Waals surface area (Å²) in [5.74, 6) is -0.104. The van der Waals surface area contributed by atoms with E-state index < -0.39 is 0 Å². The second kappa shape index (κ2) is 11.7. The van der Waals surface area contributed by atoms with E-state index >= 15 is 0 Å². The summed E-state index contributed by atoms with van der Waals surface area (Å²) in [5.41, 5.74) is 2.11. The van der Waals surface area contributed by atoms with Gasteiger partial charge in [0.15, 0.2) is 0 Å². The van der Waals surface area contributed by atoms with Crippen molar-refractivity contribution in [3.05, 3.63) is 47.5 Å². The van der Waals surface area contributed by atoms with Gasteiger partial charge >= 0.3 is 0 Å². The van der Waals surface area contributed by atoms with E-state index in [0.717, 1.165) is 37.7 Å². The molecule has 0 fully saturated rings. The molecule has 3 rings (SSSR count). The van der Waals surface area contributed by atoms with E-state index in [1.54, 1.807) is 19.2 Å². The molecule has 36 heavy (non-hydrogen) atoms. The first-order valence-electron chi connectivity index (χ1n) is 12.7. The average molecular weight is 497 g/mol. The quantitative estimate of drug-likeness (QED) is 0.154. The van der Waals surface area contributed by atoms with E-state index in [1.807, 2.05) is 13.0 Å². The first-order chi connectivity index (χ1) is 17.0. The van der Waals surface area contributed by atoms with Crippen LogP contribution in [0.5, 0.6) is 17.2 Å². The van der Waals surface area contributed by atoms with Crippen LogP contribution in [0.4, 0.5) is 17.1 Å². The normalized spacial score (nSPS) is 15.2. The molecular weight excluding hydrogens is 456 g/mol. The Balaban J connectivity index is 1.75. The number of benzene rings is 2. The van der Waals surface area contributed by atoms with Crippen molar-refractivity contribution in [1.29, 1.82) is 0 Å². The van der Waals surface area contributed by atoms with Gasteiger partial charge in [0.2, 0.25) is 0 Å². The fourth-order valence-electron chi connectivity index (χ4n) is 4.65. The van der Waals surface area contributed by atoms with Gasteiger partial charge in [0.25, 0.3) is 5.91 Å². The van der Waals surface area contributed by atoms with Gasteiger partial charge in [-0.05, 0) is 57.6 Å². The zero-order valence-electron chi connectivity index (χ0n) is 22.1. The molecule has 0 radical (unpaired) electrons. The van der Waals surface area contributed by atoms with E-state index in [-0.39, 0.29) is 52.2 Å². The number of carbonyl (C=O) groups excluding carboxylic acids is 1. The lowest BCUT2D eigenvalue weighted by Gasteiger charge is -2.28. The maximum absolute atomic E-state index is 13.5. The van der Waals surface area contributed by atoms with Crippen LogP contribution in [0.1, 0.15) is 76.6 Å². The highest BCUT2D eigenvalue weighted by Gasteiger charge is 2.30. The predicted octanol–water partition coefficient (Wildman–Crippen LogP) is 6.86. The number of anilines is 3. The number of amides is 1. The van der Waals surface area contributed by atoms with Crippen LogP contribution in [-0.4, -0.2) is 40.5 Å². The summed E-state index contributed by atoms with van der Waals surface area (Å²) in [5, 5.41) is 34.0. The molecule has 4 N–H and O–H groups in total. The van der Waals surface area contributed by atoms with Crippen molar-refractivity contribution in [2.45, 2.75) is 71.8 Å². The summed E-state index contributed by atoms with van der Waals surface area (Å²) in [7, 11) is 1.79. The van der Waals surface area contributed by atoms with E-state index in [4.69, 9.17) is 4.74 Å². The monoisotopic (exact) mass is 496 g/mol. The molecule has 1 heterocycles. The SMILES string of the molecule is COC(C)(CCC/C(C)=C/CN1C(=O)c2cccc(O)c2Nc2c(O)cc(O)cc21)CCCC(C)C. The van der Waals surface area contributed by atoms with Crippen molar-refractivity contribution in [3.63, 3.8) is 0 Å². The number of para-hydroxylation sites is 1. The number of nitrogens with zero attached hydrogens (tertiary/aromatic N) is 1. The van der Waals surface area contributed by atoms with Gasteiger partial charge in [-0.2, -0.15) is 0 Å². The molecule has 0 spiro atoms. The van der Waals surface area contributed by atoms with Crippen LogP contribution in [0.15, 0.2) is 42.0 Å². The van der Waals surface area contributed by atoms with E-state index in [0.29, 0.717) is 11.6 Å². The highest BCUT2D eigenvalue weighted by atomic mass is 16.5. The van der Waals surface area contributed by atoms with Crippen LogP contribution >= 0.6 is 0 Å². The third kappa shape index (κ3) is 6.52. The summed E-state index contributed by atoms with van der Waals surface area (Å²) >= 11 is 0. The number of phenols is 3. The van der Waals surface area contributed by atoms with Gasteiger partial charge in [-0.25, -0.2) is 0 Å². The molecule has 2 aromatic rings. The van der Waals surface area contributed by atoms with Crippen molar-refractivity contribution in [2.24, 2.45) is 5.92 Å². The molecule has 196 valence electrons. The minimum Gasteiger partial charge on any atom is -0.508 e.